The van der Waals surface area contributed by atoms with Crippen LogP contribution >= 0.6 is 0 Å². The second kappa shape index (κ2) is 8.67. The van der Waals surface area contributed by atoms with Crippen LogP contribution < -0.4 is 5.73 Å². The first-order valence-corrected chi connectivity index (χ1v) is 12.3. The maximum atomic E-state index is 14.4. The number of ether oxygens (including phenoxy) is 2. The summed E-state index contributed by atoms with van der Waals surface area (Å²) in [7, 11) is 2.99. The molecule has 0 spiro atoms. The quantitative estimate of drug-likeness (QED) is 0.636. The van der Waals surface area contributed by atoms with Crippen molar-refractivity contribution in [1.29, 1.82) is 0 Å². The van der Waals surface area contributed by atoms with E-state index in [1.165, 1.54) is 12.0 Å². The van der Waals surface area contributed by atoms with Crippen molar-refractivity contribution in [3.63, 3.8) is 0 Å². The minimum Gasteiger partial charge on any atom is -0.469 e. The van der Waals surface area contributed by atoms with Crippen LogP contribution in [0.2, 0.25) is 0 Å². The van der Waals surface area contributed by atoms with Crippen molar-refractivity contribution in [2.24, 2.45) is 28.9 Å². The van der Waals surface area contributed by atoms with Gasteiger partial charge in [0.2, 0.25) is 0 Å². The van der Waals surface area contributed by atoms with Gasteiger partial charge in [-0.1, -0.05) is 30.3 Å². The number of nitrogens with two attached hydrogens (primary N) is 1. The van der Waals surface area contributed by atoms with Gasteiger partial charge in [-0.3, -0.25) is 9.59 Å². The molecule has 1 aromatic carbocycles. The van der Waals surface area contributed by atoms with E-state index in [1.54, 1.807) is 27.8 Å². The molecule has 0 saturated heterocycles. The fourth-order valence-electron chi connectivity index (χ4n) is 7.21. The van der Waals surface area contributed by atoms with Crippen molar-refractivity contribution in [1.82, 2.24) is 4.90 Å². The van der Waals surface area contributed by atoms with Gasteiger partial charge in [-0.05, 0) is 70.3 Å². The van der Waals surface area contributed by atoms with Gasteiger partial charge in [0.15, 0.2) is 5.78 Å². The lowest BCUT2D eigenvalue weighted by Gasteiger charge is -2.63. The lowest BCUT2D eigenvalue weighted by molar-refractivity contribution is -0.188. The highest BCUT2D eigenvalue weighted by Gasteiger charge is 2.68. The van der Waals surface area contributed by atoms with E-state index in [-0.39, 0.29) is 11.8 Å². The molecule has 0 heterocycles. The molecule has 5 rings (SSSR count). The minimum absolute atomic E-state index is 0.163. The number of likely N-dealkylation sites (N-methyl/N-ethyl adjacent to an activating group) is 1. The largest absolute Gasteiger partial charge is 0.469 e. The predicted octanol–water partition coefficient (Wildman–Crippen LogP) is 3.73. The highest BCUT2D eigenvalue weighted by atomic mass is 16.6. The molecule has 1 amide bonds. The Morgan fingerprint density at radius 3 is 2.21 bits per heavy atom. The Bertz CT molecular complexity index is 940. The SMILES string of the molecule is COC(=O)C12CC3CC(CC(N)(C3)C1C(=O)[C@H](Cc1ccccc1)N(C)C(=O)OC(C)(C)C)C2. The molecule has 2 N–H and O–H groups in total. The molecular formula is C27H38N2O5. The summed E-state index contributed by atoms with van der Waals surface area (Å²) in [4.78, 5) is 42.2. The molecule has 4 saturated carbocycles. The number of ketones is 1. The molecule has 4 aliphatic carbocycles. The number of nitrogens with zero attached hydrogens (tertiary/aromatic N) is 1. The fourth-order valence-corrected chi connectivity index (χ4v) is 7.21. The van der Waals surface area contributed by atoms with Gasteiger partial charge >= 0.3 is 12.1 Å². The monoisotopic (exact) mass is 470 g/mol. The summed E-state index contributed by atoms with van der Waals surface area (Å²) in [5, 5.41) is 0. The van der Waals surface area contributed by atoms with Crippen LogP contribution in [0, 0.1) is 23.2 Å². The molecule has 34 heavy (non-hydrogen) atoms. The topological polar surface area (TPSA) is 98.9 Å². The number of rotatable bonds is 6. The number of hydrogen-bond acceptors (Lipinski definition) is 6. The van der Waals surface area contributed by atoms with Crippen LogP contribution in [0.5, 0.6) is 0 Å². The van der Waals surface area contributed by atoms with Crippen molar-refractivity contribution in [2.45, 2.75) is 76.5 Å². The molecule has 4 atom stereocenters. The first kappa shape index (κ1) is 24.7. The van der Waals surface area contributed by atoms with Crippen LogP contribution in [0.15, 0.2) is 30.3 Å². The zero-order valence-electron chi connectivity index (χ0n) is 21.0. The summed E-state index contributed by atoms with van der Waals surface area (Å²) < 4.78 is 10.9. The van der Waals surface area contributed by atoms with E-state index in [0.29, 0.717) is 31.1 Å². The highest BCUT2D eigenvalue weighted by Crippen LogP contribution is 2.64. The standard InChI is InChI=1S/C27H38N2O5/c1-25(2,3)34-24(32)29(4)20(12-17-9-7-6-8-10-17)21(30)22-26(23(31)33-5)13-18-11-19(14-26)16-27(22,28)15-18/h6-10,18-20,22H,11-16,28H2,1-5H3/t18?,19?,20-,22?,26?,27?/m0/s1. The van der Waals surface area contributed by atoms with Gasteiger partial charge in [-0.15, -0.1) is 0 Å². The molecule has 4 bridgehead atoms. The zero-order valence-corrected chi connectivity index (χ0v) is 21.0. The van der Waals surface area contributed by atoms with Crippen molar-refractivity contribution in [3.05, 3.63) is 35.9 Å². The number of esters is 1. The minimum atomic E-state index is -0.922. The summed E-state index contributed by atoms with van der Waals surface area (Å²) >= 11 is 0. The van der Waals surface area contributed by atoms with E-state index < -0.39 is 34.6 Å². The maximum Gasteiger partial charge on any atom is 0.410 e. The van der Waals surface area contributed by atoms with Crippen LogP contribution in [0.25, 0.3) is 0 Å². The fraction of sp³-hybridized carbons (Fsp3) is 0.667. The van der Waals surface area contributed by atoms with Gasteiger partial charge in [0.1, 0.15) is 5.60 Å². The second-order valence-electron chi connectivity index (χ2n) is 11.8. The summed E-state index contributed by atoms with van der Waals surface area (Å²) in [5.41, 5.74) is 5.53. The van der Waals surface area contributed by atoms with E-state index in [9.17, 15) is 14.4 Å². The molecule has 7 heteroatoms. The number of amides is 1. The number of benzene rings is 1. The Labute approximate surface area is 202 Å². The molecule has 186 valence electrons. The van der Waals surface area contributed by atoms with Crippen molar-refractivity contribution in [3.8, 4) is 0 Å². The van der Waals surface area contributed by atoms with Crippen LogP contribution in [0.4, 0.5) is 4.79 Å². The van der Waals surface area contributed by atoms with Gasteiger partial charge in [-0.2, -0.15) is 0 Å². The molecule has 3 unspecified atom stereocenters. The molecule has 0 aliphatic heterocycles. The summed E-state index contributed by atoms with van der Waals surface area (Å²) in [6, 6.07) is 8.81. The lowest BCUT2D eigenvalue weighted by atomic mass is 9.41. The number of hydrogen-bond donors (Lipinski definition) is 1. The van der Waals surface area contributed by atoms with Gasteiger partial charge in [0, 0.05) is 19.0 Å². The van der Waals surface area contributed by atoms with Gasteiger partial charge in [0.05, 0.1) is 24.5 Å². The van der Waals surface area contributed by atoms with E-state index in [0.717, 1.165) is 24.8 Å². The van der Waals surface area contributed by atoms with Crippen LogP contribution in [0.3, 0.4) is 0 Å². The number of methoxy groups -OCH3 is 1. The number of carbonyl (C=O) groups excluding carboxylic acids is 3. The third kappa shape index (κ3) is 4.35. The average Bonchev–Trinajstić information content (AvgIpc) is 2.74. The average molecular weight is 471 g/mol. The highest BCUT2D eigenvalue weighted by molar-refractivity contribution is 5.96. The molecule has 7 nitrogen and oxygen atoms in total. The number of carbonyl (C=O) groups is 3. The van der Waals surface area contributed by atoms with E-state index in [2.05, 4.69) is 0 Å². The summed E-state index contributed by atoms with van der Waals surface area (Å²) in [5.74, 6) is -0.537. The van der Waals surface area contributed by atoms with Crippen molar-refractivity contribution >= 4 is 17.8 Å². The van der Waals surface area contributed by atoms with Crippen LogP contribution in [-0.4, -0.2) is 54.1 Å². The second-order valence-corrected chi connectivity index (χ2v) is 11.8. The van der Waals surface area contributed by atoms with Crippen molar-refractivity contribution in [2.75, 3.05) is 14.2 Å². The Morgan fingerprint density at radius 2 is 1.68 bits per heavy atom. The van der Waals surface area contributed by atoms with Crippen LogP contribution in [0.1, 0.15) is 58.4 Å². The predicted molar refractivity (Wildman–Crippen MR) is 128 cm³/mol. The molecule has 0 aromatic heterocycles. The molecular weight excluding hydrogens is 432 g/mol. The maximum absolute atomic E-state index is 14.4. The van der Waals surface area contributed by atoms with Crippen LogP contribution in [-0.2, 0) is 25.5 Å². The first-order valence-electron chi connectivity index (χ1n) is 12.3. The van der Waals surface area contributed by atoms with Crippen molar-refractivity contribution < 1.29 is 23.9 Å². The first-order chi connectivity index (χ1) is 15.9. The Kier molecular flexibility index (Phi) is 6.30. The van der Waals surface area contributed by atoms with E-state index in [1.807, 2.05) is 30.3 Å². The van der Waals surface area contributed by atoms with Gasteiger partial charge in [-0.25, -0.2) is 4.79 Å². The van der Waals surface area contributed by atoms with E-state index >= 15 is 0 Å². The van der Waals surface area contributed by atoms with Gasteiger partial charge < -0.3 is 20.1 Å². The molecule has 4 fully saturated rings. The Hall–Kier alpha value is -2.41. The third-order valence-electron chi connectivity index (χ3n) is 8.06. The molecule has 4 aliphatic rings. The van der Waals surface area contributed by atoms with Gasteiger partial charge in [0.25, 0.3) is 0 Å². The number of Topliss-reactive ketones (excluding diaryl/α,β-unsaturated/α-hetero) is 1. The molecule has 1 aromatic rings. The smallest absolute Gasteiger partial charge is 0.410 e. The lowest BCUT2D eigenvalue weighted by Crippen LogP contribution is -2.72. The Morgan fingerprint density at radius 1 is 1.09 bits per heavy atom. The van der Waals surface area contributed by atoms with E-state index in [4.69, 9.17) is 15.2 Å². The zero-order chi connectivity index (χ0) is 24.9. The summed E-state index contributed by atoms with van der Waals surface area (Å²) in [6.07, 6.45) is 3.53. The summed E-state index contributed by atoms with van der Waals surface area (Å²) in [6.45, 7) is 5.39. The normalized spacial score (nSPS) is 32.7. The Balaban J connectivity index is 1.73. The molecule has 0 radical (unpaired) electrons. The third-order valence-corrected chi connectivity index (χ3v) is 8.06.